The summed E-state index contributed by atoms with van der Waals surface area (Å²) < 4.78 is 41.2. The highest BCUT2D eigenvalue weighted by Crippen LogP contribution is 2.35. The van der Waals surface area contributed by atoms with Crippen LogP contribution in [0, 0.1) is 27.7 Å². The molecule has 0 amide bonds. The summed E-state index contributed by atoms with van der Waals surface area (Å²) in [5.74, 6) is -1.23. The molecule has 1 heterocycles. The molecule has 3 aromatic carbocycles. The van der Waals surface area contributed by atoms with Crippen molar-refractivity contribution in [3.8, 4) is 5.69 Å². The highest BCUT2D eigenvalue weighted by atomic mass is 32.2. The number of nitrogens with one attached hydrogen (secondary N) is 1. The van der Waals surface area contributed by atoms with Crippen LogP contribution in [0.2, 0.25) is 0 Å². The normalized spacial score (nSPS) is 12.9. The first-order valence-electron chi connectivity index (χ1n) is 13.0. The maximum atomic E-state index is 13.5. The van der Waals surface area contributed by atoms with E-state index in [0.717, 1.165) is 16.8 Å². The molecular formula is C31H33N3O6S. The molecule has 0 aliphatic carbocycles. The SMILES string of the molecule is COC(=O)c1cc(C)c(C(OC(=O)[C@H](C)NS(=O)(=O)c2ccc(C)cc2)c2cc(-n3ccnc3)ccc2C)c(C)c1. The summed E-state index contributed by atoms with van der Waals surface area (Å²) in [6, 6.07) is 14.3. The molecule has 0 saturated heterocycles. The molecule has 1 N–H and O–H groups in total. The maximum Gasteiger partial charge on any atom is 0.337 e. The number of hydrogen-bond donors (Lipinski definition) is 1. The number of imidazole rings is 1. The fourth-order valence-electron chi connectivity index (χ4n) is 4.67. The maximum absolute atomic E-state index is 13.5. The smallest absolute Gasteiger partial charge is 0.337 e. The number of ether oxygens (including phenoxy) is 2. The molecular weight excluding hydrogens is 542 g/mol. The number of sulfonamides is 1. The van der Waals surface area contributed by atoms with E-state index < -0.39 is 34.1 Å². The van der Waals surface area contributed by atoms with Crippen LogP contribution in [-0.2, 0) is 24.3 Å². The van der Waals surface area contributed by atoms with Gasteiger partial charge < -0.3 is 14.0 Å². The number of carbonyl (C=O) groups excluding carboxylic acids is 2. The van der Waals surface area contributed by atoms with Crippen LogP contribution in [0.1, 0.15) is 56.8 Å². The Kier molecular flexibility index (Phi) is 8.74. The van der Waals surface area contributed by atoms with Gasteiger partial charge in [0.2, 0.25) is 10.0 Å². The van der Waals surface area contributed by atoms with Crippen LogP contribution >= 0.6 is 0 Å². The third kappa shape index (κ3) is 6.55. The number of methoxy groups -OCH3 is 1. The number of benzene rings is 3. The van der Waals surface area contributed by atoms with Gasteiger partial charge in [0.05, 0.1) is 23.9 Å². The van der Waals surface area contributed by atoms with Crippen LogP contribution in [-0.4, -0.2) is 43.1 Å². The van der Waals surface area contributed by atoms with Crippen molar-refractivity contribution in [3.05, 3.63) is 112 Å². The summed E-state index contributed by atoms with van der Waals surface area (Å²) in [7, 11) is -2.66. The monoisotopic (exact) mass is 575 g/mol. The largest absolute Gasteiger partial charge is 0.465 e. The summed E-state index contributed by atoms with van der Waals surface area (Å²) in [6.45, 7) is 8.86. The van der Waals surface area contributed by atoms with Crippen molar-refractivity contribution < 1.29 is 27.5 Å². The lowest BCUT2D eigenvalue weighted by Gasteiger charge is -2.26. The van der Waals surface area contributed by atoms with E-state index in [9.17, 15) is 18.0 Å². The average Bonchev–Trinajstić information content (AvgIpc) is 3.47. The number of aryl methyl sites for hydroxylation is 4. The van der Waals surface area contributed by atoms with E-state index in [1.54, 1.807) is 43.0 Å². The number of carbonyl (C=O) groups is 2. The Labute approximate surface area is 240 Å². The van der Waals surface area contributed by atoms with Crippen LogP contribution in [0.5, 0.6) is 0 Å². The first-order chi connectivity index (χ1) is 19.4. The molecule has 0 saturated carbocycles. The first kappa shape index (κ1) is 29.7. The molecule has 41 heavy (non-hydrogen) atoms. The lowest BCUT2D eigenvalue weighted by molar-refractivity contribution is -0.149. The molecule has 4 aromatic rings. The van der Waals surface area contributed by atoms with E-state index in [0.29, 0.717) is 27.8 Å². The van der Waals surface area contributed by atoms with Gasteiger partial charge in [0.15, 0.2) is 6.10 Å². The first-order valence-corrected chi connectivity index (χ1v) is 14.5. The molecule has 214 valence electrons. The van der Waals surface area contributed by atoms with Gasteiger partial charge in [0.1, 0.15) is 6.04 Å². The fraction of sp³-hybridized carbons (Fsp3) is 0.258. The quantitative estimate of drug-likeness (QED) is 0.283. The average molecular weight is 576 g/mol. The number of aromatic nitrogens is 2. The van der Waals surface area contributed by atoms with Gasteiger partial charge in [-0.25, -0.2) is 18.2 Å². The molecule has 9 nitrogen and oxygen atoms in total. The van der Waals surface area contributed by atoms with Gasteiger partial charge in [-0.1, -0.05) is 23.8 Å². The van der Waals surface area contributed by atoms with E-state index in [1.165, 1.54) is 26.2 Å². The molecule has 4 rings (SSSR count). The number of nitrogens with zero attached hydrogens (tertiary/aromatic N) is 2. The molecule has 0 fully saturated rings. The lowest BCUT2D eigenvalue weighted by Crippen LogP contribution is -2.40. The second kappa shape index (κ2) is 12.1. The molecule has 2 atom stereocenters. The van der Waals surface area contributed by atoms with Gasteiger partial charge in [-0.3, -0.25) is 4.79 Å². The summed E-state index contributed by atoms with van der Waals surface area (Å²) >= 11 is 0. The molecule has 0 radical (unpaired) electrons. The van der Waals surface area contributed by atoms with Crippen LogP contribution in [0.25, 0.3) is 5.69 Å². The second-order valence-electron chi connectivity index (χ2n) is 10.00. The zero-order valence-electron chi connectivity index (χ0n) is 23.8. The molecule has 0 aliphatic rings. The van der Waals surface area contributed by atoms with E-state index in [2.05, 4.69) is 9.71 Å². The predicted molar refractivity (Wildman–Crippen MR) is 154 cm³/mol. The molecule has 0 spiro atoms. The molecule has 10 heteroatoms. The fourth-order valence-corrected chi connectivity index (χ4v) is 5.86. The predicted octanol–water partition coefficient (Wildman–Crippen LogP) is 4.89. The van der Waals surface area contributed by atoms with Crippen molar-refractivity contribution >= 4 is 22.0 Å². The van der Waals surface area contributed by atoms with E-state index in [-0.39, 0.29) is 4.90 Å². The molecule has 0 aliphatic heterocycles. The third-order valence-corrected chi connectivity index (χ3v) is 8.43. The molecule has 1 aromatic heterocycles. The summed E-state index contributed by atoms with van der Waals surface area (Å²) in [4.78, 5) is 29.9. The Morgan fingerprint density at radius 1 is 0.927 bits per heavy atom. The van der Waals surface area contributed by atoms with Gasteiger partial charge in [0.25, 0.3) is 0 Å². The Balaban J connectivity index is 1.75. The van der Waals surface area contributed by atoms with Crippen molar-refractivity contribution in [3.63, 3.8) is 0 Å². The lowest BCUT2D eigenvalue weighted by atomic mass is 9.89. The van der Waals surface area contributed by atoms with Crippen molar-refractivity contribution in [1.29, 1.82) is 0 Å². The number of hydrogen-bond acceptors (Lipinski definition) is 7. The van der Waals surface area contributed by atoms with Gasteiger partial charge in [-0.05, 0) is 87.7 Å². The van der Waals surface area contributed by atoms with E-state index in [4.69, 9.17) is 9.47 Å². The van der Waals surface area contributed by atoms with Crippen LogP contribution in [0.15, 0.2) is 78.2 Å². The third-order valence-electron chi connectivity index (χ3n) is 6.88. The van der Waals surface area contributed by atoms with Gasteiger partial charge in [-0.15, -0.1) is 0 Å². The minimum Gasteiger partial charge on any atom is -0.465 e. The highest BCUT2D eigenvalue weighted by Gasteiger charge is 2.30. The zero-order valence-corrected chi connectivity index (χ0v) is 24.7. The van der Waals surface area contributed by atoms with Crippen molar-refractivity contribution in [2.75, 3.05) is 7.11 Å². The standard InChI is InChI=1S/C31H33N3O6S/c1-19-7-11-26(12-8-19)41(37,38)33-23(5)30(35)40-29(28-21(3)15-24(16-22(28)4)31(36)39-6)27-17-25(10-9-20(27)2)34-14-13-32-18-34/h7-18,23,29,33H,1-6H3/t23-,29?/m0/s1. The summed E-state index contributed by atoms with van der Waals surface area (Å²) in [5.41, 5.74) is 5.76. The number of esters is 2. The van der Waals surface area contributed by atoms with Gasteiger partial charge >= 0.3 is 11.9 Å². The van der Waals surface area contributed by atoms with Gasteiger partial charge in [-0.2, -0.15) is 4.72 Å². The van der Waals surface area contributed by atoms with Crippen molar-refractivity contribution in [2.24, 2.45) is 0 Å². The summed E-state index contributed by atoms with van der Waals surface area (Å²) in [6.07, 6.45) is 4.24. The van der Waals surface area contributed by atoms with Gasteiger partial charge in [0, 0.05) is 29.2 Å². The Morgan fingerprint density at radius 2 is 1.59 bits per heavy atom. The minimum absolute atomic E-state index is 0.0493. The van der Waals surface area contributed by atoms with Crippen molar-refractivity contribution in [1.82, 2.24) is 14.3 Å². The van der Waals surface area contributed by atoms with Crippen LogP contribution in [0.3, 0.4) is 0 Å². The topological polar surface area (TPSA) is 117 Å². The van der Waals surface area contributed by atoms with E-state index in [1.807, 2.05) is 50.5 Å². The summed E-state index contributed by atoms with van der Waals surface area (Å²) in [5, 5.41) is 0. The minimum atomic E-state index is -3.98. The number of rotatable bonds is 9. The van der Waals surface area contributed by atoms with Crippen LogP contribution in [0.4, 0.5) is 0 Å². The Morgan fingerprint density at radius 3 is 2.17 bits per heavy atom. The molecule has 0 bridgehead atoms. The second-order valence-corrected chi connectivity index (χ2v) is 11.7. The Bertz CT molecular complexity index is 1660. The van der Waals surface area contributed by atoms with E-state index >= 15 is 0 Å². The van der Waals surface area contributed by atoms with Crippen molar-refractivity contribution in [2.45, 2.75) is 51.7 Å². The zero-order chi connectivity index (χ0) is 29.9. The highest BCUT2D eigenvalue weighted by molar-refractivity contribution is 7.89. The molecule has 1 unspecified atom stereocenters. The Hall–Kier alpha value is -4.28. The van der Waals surface area contributed by atoms with Crippen LogP contribution < -0.4 is 4.72 Å².